The van der Waals surface area contributed by atoms with Gasteiger partial charge in [-0.3, -0.25) is 9.59 Å². The first-order valence-corrected chi connectivity index (χ1v) is 8.02. The summed E-state index contributed by atoms with van der Waals surface area (Å²) >= 11 is 1.43. The van der Waals surface area contributed by atoms with Gasteiger partial charge in [0.25, 0.3) is 5.91 Å². The number of carbonyl (C=O) groups is 1. The maximum atomic E-state index is 12.5. The Balaban J connectivity index is 1.86. The van der Waals surface area contributed by atoms with Crippen LogP contribution in [0.2, 0.25) is 0 Å². The van der Waals surface area contributed by atoms with Crippen molar-refractivity contribution in [3.8, 4) is 0 Å². The number of hydrogen-bond donors (Lipinski definition) is 3. The van der Waals surface area contributed by atoms with Gasteiger partial charge in [0.2, 0.25) is 5.56 Å². The molecule has 0 saturated carbocycles. The van der Waals surface area contributed by atoms with Crippen LogP contribution in [-0.2, 0) is 5.60 Å². The number of carbonyl (C=O) groups excluding carboxylic acids is 1. The van der Waals surface area contributed by atoms with E-state index in [9.17, 15) is 14.7 Å². The van der Waals surface area contributed by atoms with Gasteiger partial charge >= 0.3 is 0 Å². The van der Waals surface area contributed by atoms with Crippen molar-refractivity contribution in [3.63, 3.8) is 0 Å². The molecule has 0 spiro atoms. The van der Waals surface area contributed by atoms with E-state index in [1.54, 1.807) is 31.2 Å². The summed E-state index contributed by atoms with van der Waals surface area (Å²) in [6.07, 6.45) is 0. The summed E-state index contributed by atoms with van der Waals surface area (Å²) < 4.78 is 0. The van der Waals surface area contributed by atoms with Crippen molar-refractivity contribution in [1.29, 1.82) is 0 Å². The van der Waals surface area contributed by atoms with E-state index in [2.05, 4.69) is 10.3 Å². The number of H-pyrrole nitrogens is 1. The number of aromatic nitrogens is 1. The number of para-hydroxylation sites is 1. The number of aliphatic hydroxyl groups is 1. The van der Waals surface area contributed by atoms with Crippen LogP contribution < -0.4 is 10.9 Å². The Hall–Kier alpha value is -2.44. The number of aromatic amines is 1. The second kappa shape index (κ2) is 5.98. The number of amides is 1. The lowest BCUT2D eigenvalue weighted by atomic mass is 10.0. The maximum absolute atomic E-state index is 12.5. The summed E-state index contributed by atoms with van der Waals surface area (Å²) in [5.41, 5.74) is -0.582. The van der Waals surface area contributed by atoms with Crippen molar-refractivity contribution < 1.29 is 9.90 Å². The van der Waals surface area contributed by atoms with Crippen LogP contribution in [0, 0.1) is 0 Å². The fourth-order valence-corrected chi connectivity index (χ4v) is 3.20. The van der Waals surface area contributed by atoms with Gasteiger partial charge in [-0.1, -0.05) is 24.3 Å². The molecule has 3 rings (SSSR count). The molecule has 1 amide bonds. The summed E-state index contributed by atoms with van der Waals surface area (Å²) in [6, 6.07) is 12.1. The Kier molecular flexibility index (Phi) is 4.02. The zero-order valence-electron chi connectivity index (χ0n) is 12.5. The van der Waals surface area contributed by atoms with Crippen molar-refractivity contribution in [1.82, 2.24) is 10.3 Å². The van der Waals surface area contributed by atoms with Gasteiger partial charge < -0.3 is 15.4 Å². The number of benzene rings is 1. The highest BCUT2D eigenvalue weighted by atomic mass is 32.1. The molecule has 2 aromatic heterocycles. The quantitative estimate of drug-likeness (QED) is 0.687. The third-order valence-corrected chi connectivity index (χ3v) is 4.76. The van der Waals surface area contributed by atoms with Gasteiger partial charge in [-0.25, -0.2) is 0 Å². The first-order valence-electron chi connectivity index (χ1n) is 7.14. The van der Waals surface area contributed by atoms with E-state index in [0.717, 1.165) is 4.88 Å². The zero-order valence-corrected chi connectivity index (χ0v) is 13.3. The monoisotopic (exact) mass is 328 g/mol. The smallest absolute Gasteiger partial charge is 0.252 e. The van der Waals surface area contributed by atoms with E-state index in [4.69, 9.17) is 0 Å². The maximum Gasteiger partial charge on any atom is 0.252 e. The van der Waals surface area contributed by atoms with E-state index in [0.29, 0.717) is 16.5 Å². The van der Waals surface area contributed by atoms with Gasteiger partial charge in [0.1, 0.15) is 5.60 Å². The minimum atomic E-state index is -1.15. The van der Waals surface area contributed by atoms with Crippen molar-refractivity contribution in [2.75, 3.05) is 6.54 Å². The second-order valence-corrected chi connectivity index (χ2v) is 6.47. The average molecular weight is 328 g/mol. The second-order valence-electron chi connectivity index (χ2n) is 5.53. The number of nitrogens with one attached hydrogen (secondary N) is 2. The van der Waals surface area contributed by atoms with Crippen LogP contribution in [0.4, 0.5) is 0 Å². The highest BCUT2D eigenvalue weighted by Gasteiger charge is 2.25. The molecule has 23 heavy (non-hydrogen) atoms. The van der Waals surface area contributed by atoms with Gasteiger partial charge in [0.05, 0.1) is 12.1 Å². The van der Waals surface area contributed by atoms with Crippen molar-refractivity contribution in [2.24, 2.45) is 0 Å². The molecular weight excluding hydrogens is 312 g/mol. The van der Waals surface area contributed by atoms with Crippen molar-refractivity contribution >= 4 is 28.1 Å². The van der Waals surface area contributed by atoms with E-state index in [1.807, 2.05) is 17.5 Å². The van der Waals surface area contributed by atoms with E-state index in [-0.39, 0.29) is 18.0 Å². The Morgan fingerprint density at radius 3 is 2.83 bits per heavy atom. The summed E-state index contributed by atoms with van der Waals surface area (Å²) in [4.78, 5) is 27.6. The predicted molar refractivity (Wildman–Crippen MR) is 90.8 cm³/mol. The molecule has 0 aliphatic carbocycles. The lowest BCUT2D eigenvalue weighted by Crippen LogP contribution is -2.38. The zero-order chi connectivity index (χ0) is 16.4. The Labute approximate surface area is 136 Å². The average Bonchev–Trinajstić information content (AvgIpc) is 3.07. The topological polar surface area (TPSA) is 82.2 Å². The highest BCUT2D eigenvalue weighted by Crippen LogP contribution is 2.24. The number of rotatable bonds is 4. The van der Waals surface area contributed by atoms with Crippen LogP contribution in [0.15, 0.2) is 52.6 Å². The van der Waals surface area contributed by atoms with E-state index < -0.39 is 5.60 Å². The van der Waals surface area contributed by atoms with Crippen LogP contribution in [0.25, 0.3) is 10.9 Å². The summed E-state index contributed by atoms with van der Waals surface area (Å²) in [7, 11) is 0. The summed E-state index contributed by atoms with van der Waals surface area (Å²) in [5, 5.41) is 15.7. The Bertz CT molecular complexity index is 898. The molecule has 3 aromatic rings. The van der Waals surface area contributed by atoms with E-state index >= 15 is 0 Å². The third kappa shape index (κ3) is 3.18. The van der Waals surface area contributed by atoms with Gasteiger partial charge in [0, 0.05) is 21.8 Å². The van der Waals surface area contributed by atoms with Gasteiger partial charge in [-0.05, 0) is 24.4 Å². The molecule has 0 aliphatic heterocycles. The van der Waals surface area contributed by atoms with Gasteiger partial charge in [-0.2, -0.15) is 0 Å². The molecule has 0 bridgehead atoms. The standard InChI is InChI=1S/C17H16N2O3S/c1-17(22,14-7-4-8-23-14)10-18-16(21)12-9-15(20)19-13-6-3-2-5-11(12)13/h2-9,22H,10H2,1H3,(H,18,21)(H,19,20). The molecule has 1 atom stereocenters. The molecule has 0 radical (unpaired) electrons. The molecule has 5 nitrogen and oxygen atoms in total. The lowest BCUT2D eigenvalue weighted by molar-refractivity contribution is 0.0557. The van der Waals surface area contributed by atoms with Crippen LogP contribution >= 0.6 is 11.3 Å². The molecule has 0 fully saturated rings. The summed E-state index contributed by atoms with van der Waals surface area (Å²) in [6.45, 7) is 1.71. The molecule has 1 aromatic carbocycles. The van der Waals surface area contributed by atoms with Crippen LogP contribution in [0.3, 0.4) is 0 Å². The molecule has 6 heteroatoms. The van der Waals surface area contributed by atoms with Crippen LogP contribution in [-0.4, -0.2) is 22.5 Å². The first-order chi connectivity index (χ1) is 11.0. The molecule has 0 saturated heterocycles. The minimum absolute atomic E-state index is 0.0630. The fourth-order valence-electron chi connectivity index (χ4n) is 2.41. The number of fused-ring (bicyclic) bond motifs is 1. The first kappa shape index (κ1) is 15.5. The van der Waals surface area contributed by atoms with Crippen LogP contribution in [0.5, 0.6) is 0 Å². The van der Waals surface area contributed by atoms with Crippen molar-refractivity contribution in [2.45, 2.75) is 12.5 Å². The van der Waals surface area contributed by atoms with Gasteiger partial charge in [-0.15, -0.1) is 11.3 Å². The SMILES string of the molecule is CC(O)(CNC(=O)c1cc(=O)[nH]c2ccccc12)c1cccs1. The molecule has 3 N–H and O–H groups in total. The molecule has 1 unspecified atom stereocenters. The lowest BCUT2D eigenvalue weighted by Gasteiger charge is -2.22. The number of hydrogen-bond acceptors (Lipinski definition) is 4. The van der Waals surface area contributed by atoms with E-state index in [1.165, 1.54) is 17.4 Å². The van der Waals surface area contributed by atoms with Crippen LogP contribution in [0.1, 0.15) is 22.2 Å². The van der Waals surface area contributed by atoms with Gasteiger partial charge in [0.15, 0.2) is 0 Å². The third-order valence-electron chi connectivity index (χ3n) is 3.64. The highest BCUT2D eigenvalue weighted by molar-refractivity contribution is 7.10. The summed E-state index contributed by atoms with van der Waals surface area (Å²) in [5.74, 6) is -0.385. The molecule has 0 aliphatic rings. The number of thiophene rings is 1. The Morgan fingerprint density at radius 1 is 1.30 bits per heavy atom. The molecular formula is C17H16N2O3S. The fraction of sp³-hybridized carbons (Fsp3) is 0.176. The normalized spacial score (nSPS) is 13.7. The largest absolute Gasteiger partial charge is 0.383 e. The molecule has 118 valence electrons. The molecule has 2 heterocycles. The van der Waals surface area contributed by atoms with Crippen molar-refractivity contribution in [3.05, 3.63) is 68.6 Å². The number of pyridine rings is 1. The minimum Gasteiger partial charge on any atom is -0.383 e. The predicted octanol–water partition coefficient (Wildman–Crippen LogP) is 2.23. The Morgan fingerprint density at radius 2 is 2.09 bits per heavy atom.